The van der Waals surface area contributed by atoms with Crippen molar-refractivity contribution in [3.63, 3.8) is 0 Å². The van der Waals surface area contributed by atoms with Crippen LogP contribution < -0.4 is 10.6 Å². The fraction of sp³-hybridized carbons (Fsp3) is 0.560. The molecular weight excluding hydrogens is 400 g/mol. The van der Waals surface area contributed by atoms with Gasteiger partial charge in [0.1, 0.15) is 0 Å². The number of aromatic nitrogens is 2. The Bertz CT molecular complexity index is 888. The molecule has 7 nitrogen and oxygen atoms in total. The highest BCUT2D eigenvalue weighted by Gasteiger charge is 2.31. The number of nitrogens with zero attached hydrogens (tertiary/aromatic N) is 4. The number of aliphatic imine (C=N–C) groups is 1. The van der Waals surface area contributed by atoms with Gasteiger partial charge in [0.05, 0.1) is 12.9 Å². The van der Waals surface area contributed by atoms with Gasteiger partial charge in [0.2, 0.25) is 5.91 Å². The second-order valence-corrected chi connectivity index (χ2v) is 9.00. The number of benzene rings is 1. The largest absolute Gasteiger partial charge is 0.357 e. The summed E-state index contributed by atoms with van der Waals surface area (Å²) in [6.45, 7) is 5.94. The van der Waals surface area contributed by atoms with E-state index in [1.807, 2.05) is 12.5 Å². The van der Waals surface area contributed by atoms with Crippen molar-refractivity contribution in [1.82, 2.24) is 25.1 Å². The number of nitrogens with one attached hydrogen (secondary N) is 2. The van der Waals surface area contributed by atoms with Gasteiger partial charge in [-0.3, -0.25) is 4.79 Å². The van der Waals surface area contributed by atoms with Crippen molar-refractivity contribution in [2.45, 2.75) is 64.6 Å². The molecule has 2 fully saturated rings. The Balaban J connectivity index is 1.32. The second-order valence-electron chi connectivity index (χ2n) is 9.00. The third kappa shape index (κ3) is 6.11. The van der Waals surface area contributed by atoms with Crippen molar-refractivity contribution < 1.29 is 4.79 Å². The minimum absolute atomic E-state index is 0.249. The molecule has 2 N–H and O–H groups in total. The Morgan fingerprint density at radius 1 is 1.19 bits per heavy atom. The van der Waals surface area contributed by atoms with Crippen molar-refractivity contribution in [2.75, 3.05) is 19.6 Å². The summed E-state index contributed by atoms with van der Waals surface area (Å²) in [6.07, 6.45) is 12.4. The van der Waals surface area contributed by atoms with E-state index in [2.05, 4.69) is 56.3 Å². The van der Waals surface area contributed by atoms with E-state index in [9.17, 15) is 4.79 Å². The van der Waals surface area contributed by atoms with Crippen LogP contribution in [0.1, 0.15) is 56.6 Å². The number of guanidine groups is 1. The van der Waals surface area contributed by atoms with Crippen LogP contribution in [0.25, 0.3) is 0 Å². The molecule has 1 aliphatic carbocycles. The molecule has 4 rings (SSSR count). The van der Waals surface area contributed by atoms with Gasteiger partial charge < -0.3 is 20.1 Å². The highest BCUT2D eigenvalue weighted by Crippen LogP contribution is 2.26. The van der Waals surface area contributed by atoms with E-state index in [4.69, 9.17) is 4.99 Å². The van der Waals surface area contributed by atoms with E-state index in [0.29, 0.717) is 12.5 Å². The lowest BCUT2D eigenvalue weighted by atomic mass is 9.88. The molecule has 1 saturated heterocycles. The van der Waals surface area contributed by atoms with E-state index >= 15 is 0 Å². The lowest BCUT2D eigenvalue weighted by molar-refractivity contribution is -0.135. The normalized spacial score (nSPS) is 19.8. The molecule has 2 aromatic rings. The van der Waals surface area contributed by atoms with Gasteiger partial charge in [-0.05, 0) is 37.3 Å². The molecular formula is C25H36N6O. The first-order valence-electron chi connectivity index (χ1n) is 12.1. The first kappa shape index (κ1) is 22.4. The molecule has 0 radical (unpaired) electrons. The maximum Gasteiger partial charge on any atom is 0.225 e. The zero-order valence-electron chi connectivity index (χ0n) is 19.2. The summed E-state index contributed by atoms with van der Waals surface area (Å²) in [5.74, 6) is 1.44. The van der Waals surface area contributed by atoms with Crippen LogP contribution in [-0.2, 0) is 17.9 Å². The van der Waals surface area contributed by atoms with Crippen molar-refractivity contribution in [2.24, 2.45) is 10.9 Å². The van der Waals surface area contributed by atoms with E-state index in [-0.39, 0.29) is 12.0 Å². The third-order valence-electron chi connectivity index (χ3n) is 6.47. The highest BCUT2D eigenvalue weighted by molar-refractivity contribution is 5.81. The summed E-state index contributed by atoms with van der Waals surface area (Å²) >= 11 is 0. The third-order valence-corrected chi connectivity index (χ3v) is 6.47. The SMILES string of the molecule is CCNC(=NCc1cccc(Cn2ccnc2)c1)NC1CCN(C(=O)C2CCCCC2)C1. The lowest BCUT2D eigenvalue weighted by Crippen LogP contribution is -2.45. The Kier molecular flexibility index (Phi) is 7.80. The molecule has 1 amide bonds. The molecule has 172 valence electrons. The maximum atomic E-state index is 12.9. The number of imidazole rings is 1. The van der Waals surface area contributed by atoms with Gasteiger partial charge in [-0.2, -0.15) is 0 Å². The molecule has 1 unspecified atom stereocenters. The molecule has 1 aromatic heterocycles. The van der Waals surface area contributed by atoms with Crippen molar-refractivity contribution >= 4 is 11.9 Å². The Labute approximate surface area is 191 Å². The van der Waals surface area contributed by atoms with E-state index < -0.39 is 0 Å². The highest BCUT2D eigenvalue weighted by atomic mass is 16.2. The summed E-state index contributed by atoms with van der Waals surface area (Å²) < 4.78 is 2.06. The van der Waals surface area contributed by atoms with Crippen LogP contribution in [0.3, 0.4) is 0 Å². The maximum absolute atomic E-state index is 12.9. The van der Waals surface area contributed by atoms with Gasteiger partial charge in [0.25, 0.3) is 0 Å². The minimum Gasteiger partial charge on any atom is -0.357 e. The molecule has 7 heteroatoms. The van der Waals surface area contributed by atoms with Crippen LogP contribution in [0.5, 0.6) is 0 Å². The average Bonchev–Trinajstić information content (AvgIpc) is 3.50. The van der Waals surface area contributed by atoms with Crippen molar-refractivity contribution in [1.29, 1.82) is 0 Å². The lowest BCUT2D eigenvalue weighted by Gasteiger charge is -2.26. The Morgan fingerprint density at radius 2 is 2.03 bits per heavy atom. The van der Waals surface area contributed by atoms with Crippen LogP contribution in [0.4, 0.5) is 0 Å². The van der Waals surface area contributed by atoms with Gasteiger partial charge in [-0.25, -0.2) is 9.98 Å². The number of amides is 1. The number of rotatable bonds is 7. The topological polar surface area (TPSA) is 74.6 Å². The molecule has 2 heterocycles. The summed E-state index contributed by atoms with van der Waals surface area (Å²) in [5, 5.41) is 6.92. The Hall–Kier alpha value is -2.83. The number of carbonyl (C=O) groups excluding carboxylic acids is 1. The summed E-state index contributed by atoms with van der Waals surface area (Å²) in [4.78, 5) is 23.9. The number of carbonyl (C=O) groups is 1. The summed E-state index contributed by atoms with van der Waals surface area (Å²) in [5.41, 5.74) is 2.42. The second kappa shape index (κ2) is 11.2. The van der Waals surface area contributed by atoms with Crippen molar-refractivity contribution in [3.8, 4) is 0 Å². The zero-order valence-corrected chi connectivity index (χ0v) is 19.2. The molecule has 1 saturated carbocycles. The van der Waals surface area contributed by atoms with Gasteiger partial charge in [-0.1, -0.05) is 43.5 Å². The van der Waals surface area contributed by atoms with E-state index in [1.165, 1.54) is 30.4 Å². The monoisotopic (exact) mass is 436 g/mol. The van der Waals surface area contributed by atoms with Crippen LogP contribution in [-0.4, -0.2) is 52.0 Å². The van der Waals surface area contributed by atoms with Gasteiger partial charge in [-0.15, -0.1) is 0 Å². The average molecular weight is 437 g/mol. The Morgan fingerprint density at radius 3 is 2.81 bits per heavy atom. The van der Waals surface area contributed by atoms with Crippen LogP contribution in [0, 0.1) is 5.92 Å². The number of hydrogen-bond acceptors (Lipinski definition) is 3. The summed E-state index contributed by atoms with van der Waals surface area (Å²) in [6, 6.07) is 8.79. The number of likely N-dealkylation sites (tertiary alicyclic amines) is 1. The fourth-order valence-corrected chi connectivity index (χ4v) is 4.79. The molecule has 1 atom stereocenters. The fourth-order valence-electron chi connectivity index (χ4n) is 4.79. The molecule has 1 aromatic carbocycles. The zero-order chi connectivity index (χ0) is 22.2. The quantitative estimate of drug-likeness (QED) is 0.516. The standard InChI is InChI=1S/C25H36N6O/c1-2-27-25(28-16-20-7-6-8-21(15-20)17-30-14-12-26-19-30)29-23-11-13-31(18-23)24(32)22-9-4-3-5-10-22/h6-8,12,14-15,19,22-23H,2-5,9-11,13,16-18H2,1H3,(H2,27,28,29). The molecule has 1 aliphatic heterocycles. The smallest absolute Gasteiger partial charge is 0.225 e. The number of hydrogen-bond donors (Lipinski definition) is 2. The predicted molar refractivity (Wildman–Crippen MR) is 127 cm³/mol. The van der Waals surface area contributed by atoms with Crippen molar-refractivity contribution in [3.05, 3.63) is 54.1 Å². The van der Waals surface area contributed by atoms with Crippen LogP contribution >= 0.6 is 0 Å². The predicted octanol–water partition coefficient (Wildman–Crippen LogP) is 3.17. The van der Waals surface area contributed by atoms with E-state index in [1.54, 1.807) is 6.20 Å². The van der Waals surface area contributed by atoms with Gasteiger partial charge in [0.15, 0.2) is 5.96 Å². The molecule has 0 spiro atoms. The van der Waals surface area contributed by atoms with Crippen LogP contribution in [0.2, 0.25) is 0 Å². The first-order valence-corrected chi connectivity index (χ1v) is 12.1. The minimum atomic E-state index is 0.249. The van der Waals surface area contributed by atoms with Crippen LogP contribution in [0.15, 0.2) is 48.0 Å². The first-order chi connectivity index (χ1) is 15.7. The molecule has 32 heavy (non-hydrogen) atoms. The van der Waals surface area contributed by atoms with E-state index in [0.717, 1.165) is 51.4 Å². The summed E-state index contributed by atoms with van der Waals surface area (Å²) in [7, 11) is 0. The molecule has 2 aliphatic rings. The molecule has 0 bridgehead atoms. The van der Waals surface area contributed by atoms with Gasteiger partial charge >= 0.3 is 0 Å². The van der Waals surface area contributed by atoms with Gasteiger partial charge in [0, 0.05) is 50.5 Å².